The van der Waals surface area contributed by atoms with Crippen LogP contribution in [0.25, 0.3) is 0 Å². The van der Waals surface area contributed by atoms with Gasteiger partial charge in [0.05, 0.1) is 6.42 Å². The van der Waals surface area contributed by atoms with Crippen LogP contribution in [0.1, 0.15) is 39.0 Å². The van der Waals surface area contributed by atoms with Crippen LogP contribution in [0.5, 0.6) is 0 Å². The van der Waals surface area contributed by atoms with E-state index in [1.807, 2.05) is 6.92 Å². The Morgan fingerprint density at radius 2 is 1.56 bits per heavy atom. The summed E-state index contributed by atoms with van der Waals surface area (Å²) in [7, 11) is 0. The molecule has 0 unspecified atom stereocenters. The smallest absolute Gasteiger partial charge is 0.304 e. The number of rotatable bonds is 10. The van der Waals surface area contributed by atoms with Crippen LogP contribution in [-0.4, -0.2) is 46.7 Å². The Morgan fingerprint density at radius 3 is 2.06 bits per heavy atom. The predicted octanol–water partition coefficient (Wildman–Crippen LogP) is 1.43. The first-order valence-electron chi connectivity index (χ1n) is 5.72. The van der Waals surface area contributed by atoms with E-state index in [4.69, 9.17) is 10.2 Å². The molecule has 94 valence electrons. The molecule has 0 aromatic carbocycles. The van der Waals surface area contributed by atoms with Crippen LogP contribution in [0.4, 0.5) is 0 Å². The number of aliphatic carboxylic acids is 2. The molecule has 0 bridgehead atoms. The quantitative estimate of drug-likeness (QED) is 0.556. The van der Waals surface area contributed by atoms with Crippen LogP contribution in [0.3, 0.4) is 0 Å². The Morgan fingerprint density at radius 1 is 0.938 bits per heavy atom. The molecule has 5 nitrogen and oxygen atoms in total. The zero-order chi connectivity index (χ0) is 12.4. The van der Waals surface area contributed by atoms with E-state index in [1.54, 1.807) is 0 Å². The van der Waals surface area contributed by atoms with Crippen molar-refractivity contribution in [2.45, 2.75) is 39.0 Å². The number of carboxylic acid groups (broad SMARTS) is 2. The first kappa shape index (κ1) is 14.9. The Hall–Kier alpha value is -1.10. The second-order valence-corrected chi connectivity index (χ2v) is 3.78. The Labute approximate surface area is 96.1 Å². The first-order chi connectivity index (χ1) is 7.56. The number of hydrogen-bond acceptors (Lipinski definition) is 3. The summed E-state index contributed by atoms with van der Waals surface area (Å²) in [5.74, 6) is -1.53. The fourth-order valence-corrected chi connectivity index (χ4v) is 1.47. The summed E-state index contributed by atoms with van der Waals surface area (Å²) < 4.78 is 0. The number of carbonyl (C=O) groups is 2. The molecule has 5 heteroatoms. The average Bonchev–Trinajstić information content (AvgIpc) is 2.21. The maximum Gasteiger partial charge on any atom is 0.304 e. The fraction of sp³-hybridized carbons (Fsp3) is 0.818. The third-order valence-corrected chi connectivity index (χ3v) is 2.45. The van der Waals surface area contributed by atoms with Gasteiger partial charge in [-0.2, -0.15) is 0 Å². The molecule has 16 heavy (non-hydrogen) atoms. The van der Waals surface area contributed by atoms with E-state index < -0.39 is 11.9 Å². The molecule has 0 saturated heterocycles. The van der Waals surface area contributed by atoms with Crippen molar-refractivity contribution in [2.24, 2.45) is 0 Å². The molecule has 0 rings (SSSR count). The van der Waals surface area contributed by atoms with Crippen molar-refractivity contribution in [3.63, 3.8) is 0 Å². The van der Waals surface area contributed by atoms with Crippen LogP contribution >= 0.6 is 0 Å². The van der Waals surface area contributed by atoms with Gasteiger partial charge in [0, 0.05) is 13.0 Å². The lowest BCUT2D eigenvalue weighted by molar-refractivity contribution is -0.138. The maximum atomic E-state index is 10.4. The lowest BCUT2D eigenvalue weighted by atomic mass is 10.2. The standard InChI is InChI=1S/C11H21NO4/c1-2-12(9-7-11(15)16)8-5-3-4-6-10(13)14/h2-9H2,1H3,(H,13,14)(H,15,16). The Kier molecular flexibility index (Phi) is 8.52. The van der Waals surface area contributed by atoms with E-state index in [-0.39, 0.29) is 12.8 Å². The van der Waals surface area contributed by atoms with Gasteiger partial charge < -0.3 is 15.1 Å². The molecule has 0 aromatic rings. The van der Waals surface area contributed by atoms with E-state index in [2.05, 4.69) is 4.90 Å². The van der Waals surface area contributed by atoms with Gasteiger partial charge in [-0.05, 0) is 25.9 Å². The van der Waals surface area contributed by atoms with E-state index in [0.29, 0.717) is 13.0 Å². The van der Waals surface area contributed by atoms with E-state index in [0.717, 1.165) is 25.9 Å². The van der Waals surface area contributed by atoms with Crippen LogP contribution < -0.4 is 0 Å². The lowest BCUT2D eigenvalue weighted by Crippen LogP contribution is -2.27. The van der Waals surface area contributed by atoms with Gasteiger partial charge in [0.1, 0.15) is 0 Å². The highest BCUT2D eigenvalue weighted by Gasteiger charge is 2.05. The van der Waals surface area contributed by atoms with E-state index >= 15 is 0 Å². The van der Waals surface area contributed by atoms with Gasteiger partial charge in [0.25, 0.3) is 0 Å². The zero-order valence-electron chi connectivity index (χ0n) is 9.81. The molecule has 0 fully saturated rings. The van der Waals surface area contributed by atoms with Crippen molar-refractivity contribution in [3.05, 3.63) is 0 Å². The summed E-state index contributed by atoms with van der Waals surface area (Å²) in [4.78, 5) is 22.7. The zero-order valence-corrected chi connectivity index (χ0v) is 9.81. The topological polar surface area (TPSA) is 77.8 Å². The van der Waals surface area contributed by atoms with Gasteiger partial charge in [0.2, 0.25) is 0 Å². The van der Waals surface area contributed by atoms with E-state index in [1.165, 1.54) is 0 Å². The third-order valence-electron chi connectivity index (χ3n) is 2.45. The van der Waals surface area contributed by atoms with Gasteiger partial charge >= 0.3 is 11.9 Å². The second-order valence-electron chi connectivity index (χ2n) is 3.78. The van der Waals surface area contributed by atoms with Gasteiger partial charge in [-0.1, -0.05) is 13.3 Å². The first-order valence-corrected chi connectivity index (χ1v) is 5.72. The van der Waals surface area contributed by atoms with Crippen LogP contribution in [-0.2, 0) is 9.59 Å². The van der Waals surface area contributed by atoms with Gasteiger partial charge in [0.15, 0.2) is 0 Å². The average molecular weight is 231 g/mol. The van der Waals surface area contributed by atoms with Crippen molar-refractivity contribution in [1.29, 1.82) is 0 Å². The van der Waals surface area contributed by atoms with Crippen molar-refractivity contribution in [2.75, 3.05) is 19.6 Å². The van der Waals surface area contributed by atoms with Crippen LogP contribution in [0.15, 0.2) is 0 Å². The highest BCUT2D eigenvalue weighted by atomic mass is 16.4. The molecule has 0 amide bonds. The van der Waals surface area contributed by atoms with Crippen molar-refractivity contribution in [1.82, 2.24) is 4.90 Å². The SMILES string of the molecule is CCN(CCCCCC(=O)O)CCC(=O)O. The number of unbranched alkanes of at least 4 members (excludes halogenated alkanes) is 2. The summed E-state index contributed by atoms with van der Waals surface area (Å²) in [6.45, 7) is 4.26. The van der Waals surface area contributed by atoms with Crippen LogP contribution in [0.2, 0.25) is 0 Å². The molecular weight excluding hydrogens is 210 g/mol. The molecule has 0 aliphatic rings. The summed E-state index contributed by atoms with van der Waals surface area (Å²) in [6, 6.07) is 0. The summed E-state index contributed by atoms with van der Waals surface area (Å²) in [6.07, 6.45) is 2.91. The van der Waals surface area contributed by atoms with Crippen molar-refractivity contribution >= 4 is 11.9 Å². The molecule has 0 spiro atoms. The van der Waals surface area contributed by atoms with Gasteiger partial charge in [-0.25, -0.2) is 0 Å². The fourth-order valence-electron chi connectivity index (χ4n) is 1.47. The minimum atomic E-state index is -0.774. The molecule has 0 radical (unpaired) electrons. The normalized spacial score (nSPS) is 10.6. The minimum Gasteiger partial charge on any atom is -0.481 e. The Balaban J connectivity index is 3.47. The number of hydrogen-bond donors (Lipinski definition) is 2. The third kappa shape index (κ3) is 9.45. The predicted molar refractivity (Wildman–Crippen MR) is 60.5 cm³/mol. The molecular formula is C11H21NO4. The van der Waals surface area contributed by atoms with E-state index in [9.17, 15) is 9.59 Å². The Bertz CT molecular complexity index is 218. The highest BCUT2D eigenvalue weighted by molar-refractivity contribution is 5.67. The molecule has 0 heterocycles. The summed E-state index contributed by atoms with van der Waals surface area (Å²) in [5, 5.41) is 17.0. The summed E-state index contributed by atoms with van der Waals surface area (Å²) in [5.41, 5.74) is 0. The lowest BCUT2D eigenvalue weighted by Gasteiger charge is -2.18. The van der Waals surface area contributed by atoms with Crippen molar-refractivity contribution < 1.29 is 19.8 Å². The second kappa shape index (κ2) is 9.15. The highest BCUT2D eigenvalue weighted by Crippen LogP contribution is 2.02. The van der Waals surface area contributed by atoms with Crippen LogP contribution in [0, 0.1) is 0 Å². The summed E-state index contributed by atoms with van der Waals surface area (Å²) >= 11 is 0. The largest absolute Gasteiger partial charge is 0.481 e. The van der Waals surface area contributed by atoms with Gasteiger partial charge in [-0.3, -0.25) is 9.59 Å². The molecule has 0 atom stereocenters. The number of carboxylic acids is 2. The molecule has 0 saturated carbocycles. The van der Waals surface area contributed by atoms with Crippen molar-refractivity contribution in [3.8, 4) is 0 Å². The number of nitrogens with zero attached hydrogens (tertiary/aromatic N) is 1. The van der Waals surface area contributed by atoms with Gasteiger partial charge in [-0.15, -0.1) is 0 Å². The monoisotopic (exact) mass is 231 g/mol. The maximum absolute atomic E-state index is 10.4. The molecule has 0 aromatic heterocycles. The minimum absolute atomic E-state index is 0.170. The molecule has 0 aliphatic heterocycles. The molecule has 0 aliphatic carbocycles. The molecule has 2 N–H and O–H groups in total.